The van der Waals surface area contributed by atoms with Gasteiger partial charge in [-0.05, 0) is 30.7 Å². The van der Waals surface area contributed by atoms with Crippen molar-refractivity contribution in [1.29, 1.82) is 0 Å². The quantitative estimate of drug-likeness (QED) is 0.608. The van der Waals surface area contributed by atoms with Crippen LogP contribution < -0.4 is 10.2 Å². The Morgan fingerprint density at radius 1 is 1.36 bits per heavy atom. The van der Waals surface area contributed by atoms with E-state index >= 15 is 0 Å². The molecule has 1 atom stereocenters. The van der Waals surface area contributed by atoms with Gasteiger partial charge in [-0.15, -0.1) is 0 Å². The number of carbonyl (C=O) groups is 1. The van der Waals surface area contributed by atoms with Gasteiger partial charge in [-0.2, -0.15) is 0 Å². The van der Waals surface area contributed by atoms with Crippen LogP contribution >= 0.6 is 11.6 Å². The summed E-state index contributed by atoms with van der Waals surface area (Å²) in [6, 6.07) is 8.68. The van der Waals surface area contributed by atoms with Gasteiger partial charge in [0.2, 0.25) is 0 Å². The molecule has 0 spiro atoms. The van der Waals surface area contributed by atoms with Crippen LogP contribution in [0.15, 0.2) is 36.4 Å². The first kappa shape index (κ1) is 18.8. The zero-order chi connectivity index (χ0) is 18.6. The van der Waals surface area contributed by atoms with Crippen LogP contribution in [-0.4, -0.2) is 24.4 Å². The molecule has 2 aromatic carbocycles. The summed E-state index contributed by atoms with van der Waals surface area (Å²) in [5.74, 6) is -0.680. The number of nitrogens with one attached hydrogen (secondary N) is 2. The zero-order valence-electron chi connectivity index (χ0n) is 13.8. The Morgan fingerprint density at radius 3 is 2.68 bits per heavy atom. The van der Waals surface area contributed by atoms with Crippen molar-refractivity contribution in [2.24, 2.45) is 0 Å². The van der Waals surface area contributed by atoms with Crippen LogP contribution in [0.5, 0.6) is 0 Å². The van der Waals surface area contributed by atoms with Gasteiger partial charge in [0.05, 0.1) is 22.6 Å². The van der Waals surface area contributed by atoms with Gasteiger partial charge in [0.25, 0.3) is 11.6 Å². The number of rotatable bonds is 6. The minimum Gasteiger partial charge on any atom is -0.326 e. The standard InChI is InChI=1S/C17H17ClFN3O3/c1-11-8-12(22(24)25)6-7-16(11)20-17(23)10-21(2)9-13-14(18)4-3-5-15(13)19/h3-8H,9-10H2,1-2H3,(H,20,23)/p+1. The fraction of sp³-hybridized carbons (Fsp3) is 0.235. The highest BCUT2D eigenvalue weighted by atomic mass is 35.5. The van der Waals surface area contributed by atoms with E-state index in [4.69, 9.17) is 11.6 Å². The van der Waals surface area contributed by atoms with E-state index in [1.54, 1.807) is 20.0 Å². The first-order valence-electron chi connectivity index (χ1n) is 7.57. The lowest BCUT2D eigenvalue weighted by Gasteiger charge is -2.15. The van der Waals surface area contributed by atoms with E-state index in [2.05, 4.69) is 5.32 Å². The van der Waals surface area contributed by atoms with E-state index in [0.29, 0.717) is 21.8 Å². The molecule has 25 heavy (non-hydrogen) atoms. The van der Waals surface area contributed by atoms with Crippen molar-refractivity contribution in [2.75, 3.05) is 18.9 Å². The maximum Gasteiger partial charge on any atom is 0.279 e. The van der Waals surface area contributed by atoms with Crippen molar-refractivity contribution < 1.29 is 19.0 Å². The third-order valence-corrected chi connectivity index (χ3v) is 4.05. The van der Waals surface area contributed by atoms with Crippen molar-refractivity contribution in [3.8, 4) is 0 Å². The molecule has 0 radical (unpaired) electrons. The second kappa shape index (κ2) is 8.04. The van der Waals surface area contributed by atoms with E-state index in [0.717, 1.165) is 4.90 Å². The van der Waals surface area contributed by atoms with Gasteiger partial charge in [0.1, 0.15) is 12.4 Å². The summed E-state index contributed by atoms with van der Waals surface area (Å²) in [4.78, 5) is 23.2. The molecule has 1 unspecified atom stereocenters. The summed E-state index contributed by atoms with van der Waals surface area (Å²) in [6.07, 6.45) is 0. The van der Waals surface area contributed by atoms with Crippen molar-refractivity contribution in [1.82, 2.24) is 0 Å². The number of anilines is 1. The summed E-state index contributed by atoms with van der Waals surface area (Å²) in [7, 11) is 1.76. The molecule has 132 valence electrons. The molecule has 6 nitrogen and oxygen atoms in total. The summed E-state index contributed by atoms with van der Waals surface area (Å²) in [6.45, 7) is 2.04. The molecule has 0 fully saturated rings. The number of nitrogens with zero attached hydrogens (tertiary/aromatic N) is 1. The van der Waals surface area contributed by atoms with E-state index in [9.17, 15) is 19.3 Å². The number of halogens is 2. The first-order chi connectivity index (χ1) is 11.8. The maximum atomic E-state index is 13.8. The molecular weight excluding hydrogens is 349 g/mol. The van der Waals surface area contributed by atoms with Crippen LogP contribution in [0.4, 0.5) is 15.8 Å². The van der Waals surface area contributed by atoms with Crippen LogP contribution in [0.3, 0.4) is 0 Å². The number of carbonyl (C=O) groups excluding carboxylic acids is 1. The highest BCUT2D eigenvalue weighted by Crippen LogP contribution is 2.21. The van der Waals surface area contributed by atoms with Crippen LogP contribution in [0.1, 0.15) is 11.1 Å². The number of benzene rings is 2. The minimum atomic E-state index is -0.491. The van der Waals surface area contributed by atoms with E-state index < -0.39 is 10.7 Å². The molecule has 8 heteroatoms. The molecule has 0 aliphatic rings. The molecule has 0 heterocycles. The molecule has 1 amide bonds. The van der Waals surface area contributed by atoms with Crippen molar-refractivity contribution in [3.63, 3.8) is 0 Å². The number of hydrogen-bond acceptors (Lipinski definition) is 3. The molecule has 0 saturated carbocycles. The molecule has 0 aromatic heterocycles. The summed E-state index contributed by atoms with van der Waals surface area (Å²) in [5.41, 5.74) is 1.43. The Labute approximate surface area is 149 Å². The lowest BCUT2D eigenvalue weighted by atomic mass is 10.1. The van der Waals surface area contributed by atoms with Gasteiger partial charge in [0.15, 0.2) is 6.54 Å². The third-order valence-electron chi connectivity index (χ3n) is 3.70. The summed E-state index contributed by atoms with van der Waals surface area (Å²) < 4.78 is 13.8. The smallest absolute Gasteiger partial charge is 0.279 e. The molecule has 0 bridgehead atoms. The lowest BCUT2D eigenvalue weighted by Crippen LogP contribution is -3.08. The highest BCUT2D eigenvalue weighted by molar-refractivity contribution is 6.31. The van der Waals surface area contributed by atoms with Crippen LogP contribution in [-0.2, 0) is 11.3 Å². The van der Waals surface area contributed by atoms with Crippen molar-refractivity contribution >= 4 is 28.9 Å². The van der Waals surface area contributed by atoms with E-state index in [1.807, 2.05) is 0 Å². The molecule has 2 aromatic rings. The normalized spacial score (nSPS) is 11.8. The largest absolute Gasteiger partial charge is 0.326 e. The maximum absolute atomic E-state index is 13.8. The number of non-ortho nitro benzene ring substituents is 1. The zero-order valence-corrected chi connectivity index (χ0v) is 14.6. The number of aryl methyl sites for hydroxylation is 1. The van der Waals surface area contributed by atoms with Crippen LogP contribution in [0.25, 0.3) is 0 Å². The van der Waals surface area contributed by atoms with Crippen LogP contribution in [0, 0.1) is 22.9 Å². The van der Waals surface area contributed by atoms with E-state index in [-0.39, 0.29) is 24.7 Å². The van der Waals surface area contributed by atoms with Gasteiger partial charge >= 0.3 is 0 Å². The number of hydrogen-bond donors (Lipinski definition) is 2. The Morgan fingerprint density at radius 2 is 2.08 bits per heavy atom. The minimum absolute atomic E-state index is 0.0348. The number of nitro benzene ring substituents is 1. The van der Waals surface area contributed by atoms with Gasteiger partial charge < -0.3 is 10.2 Å². The van der Waals surface area contributed by atoms with Gasteiger partial charge in [-0.1, -0.05) is 17.7 Å². The predicted molar refractivity (Wildman–Crippen MR) is 93.3 cm³/mol. The van der Waals surface area contributed by atoms with E-state index in [1.165, 1.54) is 30.3 Å². The number of quaternary nitrogens is 1. The third kappa shape index (κ3) is 4.98. The van der Waals surface area contributed by atoms with Crippen molar-refractivity contribution in [2.45, 2.75) is 13.5 Å². The summed E-state index contributed by atoms with van der Waals surface area (Å²) in [5, 5.41) is 13.8. The monoisotopic (exact) mass is 366 g/mol. The molecule has 0 saturated heterocycles. The van der Waals surface area contributed by atoms with Gasteiger partial charge in [-0.25, -0.2) is 4.39 Å². The highest BCUT2D eigenvalue weighted by Gasteiger charge is 2.16. The SMILES string of the molecule is Cc1cc([N+](=O)[O-])ccc1NC(=O)C[NH+](C)Cc1c(F)cccc1Cl. The summed E-state index contributed by atoms with van der Waals surface area (Å²) >= 11 is 5.99. The van der Waals surface area contributed by atoms with Crippen LogP contribution in [0.2, 0.25) is 5.02 Å². The number of nitro groups is 1. The Hall–Kier alpha value is -2.51. The number of amides is 1. The average Bonchev–Trinajstić information content (AvgIpc) is 2.52. The molecule has 2 rings (SSSR count). The molecule has 0 aliphatic carbocycles. The molecular formula is C17H18ClFN3O3+. The number of likely N-dealkylation sites (N-methyl/N-ethyl adjacent to an activating group) is 1. The topological polar surface area (TPSA) is 76.7 Å². The fourth-order valence-electron chi connectivity index (χ4n) is 2.44. The molecule has 2 N–H and O–H groups in total. The van der Waals surface area contributed by atoms with Gasteiger partial charge in [-0.3, -0.25) is 14.9 Å². The second-order valence-electron chi connectivity index (χ2n) is 5.82. The fourth-order valence-corrected chi connectivity index (χ4v) is 2.67. The van der Waals surface area contributed by atoms with Gasteiger partial charge in [0, 0.05) is 17.8 Å². The van der Waals surface area contributed by atoms with Crippen molar-refractivity contribution in [3.05, 3.63) is 68.5 Å². The predicted octanol–water partition coefficient (Wildman–Crippen LogP) is 2.35. The average molecular weight is 367 g/mol. The Balaban J connectivity index is 1.99. The second-order valence-corrected chi connectivity index (χ2v) is 6.22. The molecule has 0 aliphatic heterocycles. The Kier molecular flexibility index (Phi) is 6.06. The Bertz CT molecular complexity index is 793. The lowest BCUT2D eigenvalue weighted by molar-refractivity contribution is -0.885. The first-order valence-corrected chi connectivity index (χ1v) is 7.95.